The van der Waals surface area contributed by atoms with Gasteiger partial charge in [-0.25, -0.2) is 13.4 Å². The molecule has 0 aliphatic carbocycles. The van der Waals surface area contributed by atoms with Crippen LogP contribution in [0.2, 0.25) is 0 Å². The summed E-state index contributed by atoms with van der Waals surface area (Å²) in [6.07, 6.45) is 0. The number of carbonyl (C=O) groups is 1. The van der Waals surface area contributed by atoms with E-state index in [0.717, 1.165) is 0 Å². The quantitative estimate of drug-likeness (QED) is 0.610. The molecule has 32 heavy (non-hydrogen) atoms. The van der Waals surface area contributed by atoms with Gasteiger partial charge in [-0.05, 0) is 30.7 Å². The van der Waals surface area contributed by atoms with Gasteiger partial charge in [-0.3, -0.25) is 4.79 Å². The second kappa shape index (κ2) is 8.93. The highest BCUT2D eigenvalue weighted by atomic mass is 32.2. The summed E-state index contributed by atoms with van der Waals surface area (Å²) >= 11 is 0. The Labute approximate surface area is 188 Å². The first-order valence-corrected chi connectivity index (χ1v) is 11.7. The molecule has 0 radical (unpaired) electrons. The fourth-order valence-electron chi connectivity index (χ4n) is 3.14. The molecule has 164 valence electrons. The Kier molecular flexibility index (Phi) is 6.47. The number of aromatic nitrogens is 1. The molecule has 7 heteroatoms. The van der Waals surface area contributed by atoms with Crippen LogP contribution in [-0.4, -0.2) is 24.6 Å². The molecule has 3 aromatic rings. The van der Waals surface area contributed by atoms with Gasteiger partial charge in [0.2, 0.25) is 15.7 Å². The number of nitrogens with one attached hydrogen (secondary N) is 1. The summed E-state index contributed by atoms with van der Waals surface area (Å²) in [5.41, 5.74) is 1.64. The molecule has 1 aromatic heterocycles. The van der Waals surface area contributed by atoms with Gasteiger partial charge in [0.1, 0.15) is 11.3 Å². The largest absolute Gasteiger partial charge is 0.325 e. The molecule has 1 atom stereocenters. The number of rotatable bonds is 5. The van der Waals surface area contributed by atoms with Crippen molar-refractivity contribution in [1.82, 2.24) is 4.98 Å². The molecule has 1 amide bonds. The van der Waals surface area contributed by atoms with Gasteiger partial charge in [0.05, 0.1) is 5.56 Å². The third-order valence-electron chi connectivity index (χ3n) is 5.10. The van der Waals surface area contributed by atoms with E-state index in [4.69, 9.17) is 0 Å². The molecule has 2 aromatic carbocycles. The number of hydrogen-bond acceptors (Lipinski definition) is 5. The lowest BCUT2D eigenvalue weighted by Crippen LogP contribution is -2.34. The van der Waals surface area contributed by atoms with E-state index in [2.05, 4.69) is 10.3 Å². The molecule has 0 aliphatic rings. The van der Waals surface area contributed by atoms with Crippen LogP contribution < -0.4 is 5.32 Å². The van der Waals surface area contributed by atoms with Gasteiger partial charge >= 0.3 is 0 Å². The summed E-state index contributed by atoms with van der Waals surface area (Å²) in [4.78, 5) is 17.2. The zero-order valence-electron chi connectivity index (χ0n) is 18.5. The number of sulfone groups is 1. The SMILES string of the molecule is CC(C(=O)Nc1ccccc1)S(=O)(=O)c1nc(C(C)(C)C)cc(-c2ccccc2)c1C#N. The van der Waals surface area contributed by atoms with Gasteiger partial charge in [0.15, 0.2) is 5.03 Å². The summed E-state index contributed by atoms with van der Waals surface area (Å²) in [5.74, 6) is -0.690. The van der Waals surface area contributed by atoms with Gasteiger partial charge in [0.25, 0.3) is 0 Å². The Balaban J connectivity index is 2.16. The molecule has 0 aliphatic heterocycles. The van der Waals surface area contributed by atoms with E-state index in [1.807, 2.05) is 57.2 Å². The van der Waals surface area contributed by atoms with Crippen molar-refractivity contribution in [1.29, 1.82) is 5.26 Å². The second-order valence-electron chi connectivity index (χ2n) is 8.51. The van der Waals surface area contributed by atoms with E-state index in [9.17, 15) is 18.5 Å². The Morgan fingerprint density at radius 2 is 1.59 bits per heavy atom. The maximum Gasteiger partial charge on any atom is 0.242 e. The van der Waals surface area contributed by atoms with Crippen LogP contribution in [0, 0.1) is 11.3 Å². The second-order valence-corrected chi connectivity index (χ2v) is 10.7. The molecule has 0 saturated carbocycles. The van der Waals surface area contributed by atoms with Crippen molar-refractivity contribution in [3.8, 4) is 17.2 Å². The Bertz CT molecular complexity index is 1270. The number of pyridine rings is 1. The van der Waals surface area contributed by atoms with E-state index in [0.29, 0.717) is 22.5 Å². The highest BCUT2D eigenvalue weighted by molar-refractivity contribution is 7.92. The fourth-order valence-corrected chi connectivity index (χ4v) is 4.48. The van der Waals surface area contributed by atoms with Gasteiger partial charge < -0.3 is 5.32 Å². The first kappa shape index (κ1) is 23.2. The minimum Gasteiger partial charge on any atom is -0.325 e. The number of amides is 1. The maximum atomic E-state index is 13.5. The number of nitriles is 1. The third kappa shape index (κ3) is 4.71. The number of nitrogens with zero attached hydrogens (tertiary/aromatic N) is 2. The predicted octanol–water partition coefficient (Wildman–Crippen LogP) is 4.72. The third-order valence-corrected chi connectivity index (χ3v) is 7.08. The molecule has 0 bridgehead atoms. The molecular weight excluding hydrogens is 422 g/mol. The van der Waals surface area contributed by atoms with Crippen LogP contribution in [0.1, 0.15) is 39.0 Å². The molecular formula is C25H25N3O3S. The highest BCUT2D eigenvalue weighted by Gasteiger charge is 2.35. The minimum absolute atomic E-state index is 0.0661. The van der Waals surface area contributed by atoms with Crippen LogP contribution in [0.5, 0.6) is 0 Å². The van der Waals surface area contributed by atoms with Crippen molar-refractivity contribution >= 4 is 21.4 Å². The first-order chi connectivity index (χ1) is 15.1. The lowest BCUT2D eigenvalue weighted by molar-refractivity contribution is -0.115. The van der Waals surface area contributed by atoms with Crippen molar-refractivity contribution in [2.75, 3.05) is 5.32 Å². The average Bonchev–Trinajstić information content (AvgIpc) is 2.78. The normalized spacial score (nSPS) is 12.6. The molecule has 0 spiro atoms. The van der Waals surface area contributed by atoms with E-state index in [-0.39, 0.29) is 10.6 Å². The van der Waals surface area contributed by atoms with Crippen LogP contribution in [0.15, 0.2) is 71.8 Å². The van der Waals surface area contributed by atoms with Crippen LogP contribution in [0.3, 0.4) is 0 Å². The average molecular weight is 448 g/mol. The number of anilines is 1. The molecule has 0 fully saturated rings. The van der Waals surface area contributed by atoms with E-state index in [1.165, 1.54) is 6.92 Å². The number of hydrogen-bond donors (Lipinski definition) is 1. The van der Waals surface area contributed by atoms with E-state index >= 15 is 0 Å². The van der Waals surface area contributed by atoms with Gasteiger partial charge in [-0.1, -0.05) is 69.3 Å². The highest BCUT2D eigenvalue weighted by Crippen LogP contribution is 2.33. The Morgan fingerprint density at radius 1 is 1.03 bits per heavy atom. The monoisotopic (exact) mass is 447 g/mol. The topological polar surface area (TPSA) is 99.9 Å². The molecule has 1 heterocycles. The molecule has 3 rings (SSSR count). The minimum atomic E-state index is -4.26. The Hall–Kier alpha value is -3.50. The standard InChI is InChI=1S/C25H25N3O3S/c1-17(23(29)27-19-13-9-6-10-14-19)32(30,31)24-21(16-26)20(18-11-7-5-8-12-18)15-22(28-24)25(2,3)4/h5-15,17H,1-4H3,(H,27,29). The van der Waals surface area contributed by atoms with Crippen molar-refractivity contribution < 1.29 is 13.2 Å². The Morgan fingerprint density at radius 3 is 2.12 bits per heavy atom. The molecule has 1 unspecified atom stereocenters. The molecule has 0 saturated heterocycles. The van der Waals surface area contributed by atoms with Crippen molar-refractivity contribution in [2.24, 2.45) is 0 Å². The summed E-state index contributed by atoms with van der Waals surface area (Å²) in [5, 5.41) is 10.7. The summed E-state index contributed by atoms with van der Waals surface area (Å²) < 4.78 is 27.1. The zero-order chi connectivity index (χ0) is 23.5. The lowest BCUT2D eigenvalue weighted by Gasteiger charge is -2.22. The van der Waals surface area contributed by atoms with Gasteiger partial charge in [-0.15, -0.1) is 0 Å². The fraction of sp³-hybridized carbons (Fsp3) is 0.240. The zero-order valence-corrected chi connectivity index (χ0v) is 19.3. The summed E-state index contributed by atoms with van der Waals surface area (Å²) in [7, 11) is -4.26. The molecule has 6 nitrogen and oxygen atoms in total. The first-order valence-electron chi connectivity index (χ1n) is 10.2. The van der Waals surface area contributed by atoms with Crippen molar-refractivity contribution in [3.05, 3.63) is 78.0 Å². The smallest absolute Gasteiger partial charge is 0.242 e. The number of carbonyl (C=O) groups excluding carboxylic acids is 1. The number of para-hydroxylation sites is 1. The van der Waals surface area contributed by atoms with Crippen LogP contribution >= 0.6 is 0 Å². The predicted molar refractivity (Wildman–Crippen MR) is 125 cm³/mol. The summed E-state index contributed by atoms with van der Waals surface area (Å²) in [6, 6.07) is 21.5. The van der Waals surface area contributed by atoms with Crippen LogP contribution in [-0.2, 0) is 20.0 Å². The van der Waals surface area contributed by atoms with Crippen LogP contribution in [0.25, 0.3) is 11.1 Å². The van der Waals surface area contributed by atoms with Gasteiger partial charge in [0, 0.05) is 22.4 Å². The maximum absolute atomic E-state index is 13.5. The van der Waals surface area contributed by atoms with E-state index in [1.54, 1.807) is 36.4 Å². The lowest BCUT2D eigenvalue weighted by atomic mass is 9.89. The molecule has 1 N–H and O–H groups in total. The van der Waals surface area contributed by atoms with Gasteiger partial charge in [-0.2, -0.15) is 5.26 Å². The van der Waals surface area contributed by atoms with E-state index < -0.39 is 26.4 Å². The number of benzene rings is 2. The summed E-state index contributed by atoms with van der Waals surface area (Å²) in [6.45, 7) is 7.05. The van der Waals surface area contributed by atoms with Crippen LogP contribution in [0.4, 0.5) is 5.69 Å². The van der Waals surface area contributed by atoms with Crippen molar-refractivity contribution in [2.45, 2.75) is 43.4 Å². The van der Waals surface area contributed by atoms with Crippen molar-refractivity contribution in [3.63, 3.8) is 0 Å².